The summed E-state index contributed by atoms with van der Waals surface area (Å²) >= 11 is 0.366. The molecular formula is C25H28F3N3O3S. The lowest BCUT2D eigenvalue weighted by Crippen LogP contribution is -2.48. The molecular weight excluding hydrogens is 479 g/mol. The van der Waals surface area contributed by atoms with E-state index >= 15 is 0 Å². The second-order valence-electron chi connectivity index (χ2n) is 8.66. The highest BCUT2D eigenvalue weighted by Gasteiger charge is 2.39. The van der Waals surface area contributed by atoms with Gasteiger partial charge < -0.3 is 15.1 Å². The normalized spacial score (nSPS) is 16.8. The quantitative estimate of drug-likeness (QED) is 0.435. The Labute approximate surface area is 206 Å². The first-order chi connectivity index (χ1) is 16.5. The topological polar surface area (TPSA) is 87.8 Å². The smallest absolute Gasteiger partial charge is 0.394 e. The summed E-state index contributed by atoms with van der Waals surface area (Å²) in [6, 6.07) is 11.6. The van der Waals surface area contributed by atoms with E-state index in [4.69, 9.17) is 5.11 Å². The number of carbonyl (C=O) groups excluding carboxylic acids is 1. The number of anilines is 1. The molecule has 1 atom stereocenters. The fourth-order valence-corrected chi connectivity index (χ4v) is 4.77. The van der Waals surface area contributed by atoms with Gasteiger partial charge in [0.05, 0.1) is 18.3 Å². The van der Waals surface area contributed by atoms with Crippen LogP contribution in [0.15, 0.2) is 42.0 Å². The Morgan fingerprint density at radius 3 is 2.31 bits per heavy atom. The summed E-state index contributed by atoms with van der Waals surface area (Å²) in [5.41, 5.74) is -1.64. The number of hydrogen-bond acceptors (Lipinski definition) is 7. The predicted octanol–water partition coefficient (Wildman–Crippen LogP) is 3.82. The van der Waals surface area contributed by atoms with Crippen LogP contribution >= 0.6 is 11.8 Å². The molecule has 0 bridgehead atoms. The van der Waals surface area contributed by atoms with Crippen molar-refractivity contribution in [2.75, 3.05) is 43.4 Å². The molecule has 1 saturated heterocycles. The van der Waals surface area contributed by atoms with E-state index in [-0.39, 0.29) is 11.3 Å². The Bertz CT molecular complexity index is 1140. The molecule has 1 fully saturated rings. The molecule has 0 radical (unpaired) electrons. The van der Waals surface area contributed by atoms with Gasteiger partial charge in [-0.1, -0.05) is 30.0 Å². The number of aliphatic hydroxyl groups excluding tert-OH is 2. The molecule has 0 aromatic heterocycles. The van der Waals surface area contributed by atoms with Crippen LogP contribution in [-0.4, -0.2) is 77.1 Å². The molecule has 3 rings (SSSR count). The molecule has 1 heterocycles. The third kappa shape index (κ3) is 6.55. The zero-order valence-corrected chi connectivity index (χ0v) is 20.4. The Morgan fingerprint density at radius 1 is 1.11 bits per heavy atom. The van der Waals surface area contributed by atoms with Crippen molar-refractivity contribution < 1.29 is 28.2 Å². The molecule has 2 aromatic rings. The van der Waals surface area contributed by atoms with Crippen LogP contribution in [0, 0.1) is 11.3 Å². The number of hydrogen-bond donors (Lipinski definition) is 2. The molecule has 2 N–H and O–H groups in total. The van der Waals surface area contributed by atoms with Crippen LogP contribution in [0.25, 0.3) is 16.3 Å². The molecule has 1 aliphatic rings. The first kappa shape index (κ1) is 27.0. The number of benzene rings is 2. The van der Waals surface area contributed by atoms with Crippen molar-refractivity contribution in [3.05, 3.63) is 47.5 Å². The lowest BCUT2D eigenvalue weighted by Gasteiger charge is -2.38. The number of fused-ring (bicyclic) bond motifs is 1. The Balaban J connectivity index is 1.92. The number of thioether (sulfide) groups is 1. The first-order valence-corrected chi connectivity index (χ1v) is 12.2. The van der Waals surface area contributed by atoms with Crippen LogP contribution < -0.4 is 4.90 Å². The fourth-order valence-electron chi connectivity index (χ4n) is 4.03. The highest BCUT2D eigenvalue weighted by atomic mass is 32.2. The van der Waals surface area contributed by atoms with Crippen molar-refractivity contribution >= 4 is 38.9 Å². The van der Waals surface area contributed by atoms with Gasteiger partial charge in [0.15, 0.2) is 0 Å². The molecule has 1 aliphatic heterocycles. The van der Waals surface area contributed by atoms with Crippen LogP contribution in [0.3, 0.4) is 0 Å². The molecule has 188 valence electrons. The minimum absolute atomic E-state index is 0.281. The summed E-state index contributed by atoms with van der Waals surface area (Å²) < 4.78 is 42.0. The van der Waals surface area contributed by atoms with Crippen molar-refractivity contribution in [3.63, 3.8) is 0 Å². The summed E-state index contributed by atoms with van der Waals surface area (Å²) in [6.45, 7) is 7.28. The number of halogens is 3. The van der Waals surface area contributed by atoms with Gasteiger partial charge in [-0.3, -0.25) is 9.69 Å². The van der Waals surface area contributed by atoms with Crippen molar-refractivity contribution in [1.29, 1.82) is 5.26 Å². The van der Waals surface area contributed by atoms with Gasteiger partial charge in [0.1, 0.15) is 11.6 Å². The highest BCUT2D eigenvalue weighted by molar-refractivity contribution is 8.14. The number of nitriles is 1. The average Bonchev–Trinajstić information content (AvgIpc) is 2.84. The zero-order valence-electron chi connectivity index (χ0n) is 19.5. The third-order valence-electron chi connectivity index (χ3n) is 5.99. The summed E-state index contributed by atoms with van der Waals surface area (Å²) in [5, 5.41) is 27.9. The zero-order chi connectivity index (χ0) is 25.8. The van der Waals surface area contributed by atoms with Crippen LogP contribution in [-0.2, 0) is 4.79 Å². The van der Waals surface area contributed by atoms with Crippen LogP contribution in [0.5, 0.6) is 0 Å². The van der Waals surface area contributed by atoms with E-state index in [0.717, 1.165) is 37.3 Å². The standard InChI is InChI=1S/C25H28F3N3O3S/c1-16(2)30-7-9-31(10-8-30)20-6-5-17-11-19(4-3-18(17)12-20)23(25(26,27)28)22(13-29)24(34)35-15-21(33)14-32/h3-6,11-12,16,21,32-33H,7-10,14-15H2,1-2H3/b23-22-. The summed E-state index contributed by atoms with van der Waals surface area (Å²) in [6.07, 6.45) is -6.22. The summed E-state index contributed by atoms with van der Waals surface area (Å²) in [4.78, 5) is 17.0. The van der Waals surface area contributed by atoms with Crippen LogP contribution in [0.1, 0.15) is 19.4 Å². The van der Waals surface area contributed by atoms with Crippen molar-refractivity contribution in [3.8, 4) is 6.07 Å². The number of allylic oxidation sites excluding steroid dienone is 1. The molecule has 35 heavy (non-hydrogen) atoms. The van der Waals surface area contributed by atoms with Crippen molar-refractivity contribution in [2.45, 2.75) is 32.2 Å². The van der Waals surface area contributed by atoms with Crippen LogP contribution in [0.2, 0.25) is 0 Å². The highest BCUT2D eigenvalue weighted by Crippen LogP contribution is 2.39. The monoisotopic (exact) mass is 507 g/mol. The molecule has 0 spiro atoms. The number of alkyl halides is 3. The maximum Gasteiger partial charge on any atom is 0.418 e. The molecule has 10 heteroatoms. The Kier molecular flexibility index (Phi) is 8.83. The van der Waals surface area contributed by atoms with Gasteiger partial charge in [0, 0.05) is 43.7 Å². The molecule has 2 aromatic carbocycles. The molecule has 0 amide bonds. The maximum absolute atomic E-state index is 14.0. The number of piperazine rings is 1. The fraction of sp³-hybridized carbons (Fsp3) is 0.440. The van der Waals surface area contributed by atoms with E-state index in [1.807, 2.05) is 12.1 Å². The Morgan fingerprint density at radius 2 is 1.74 bits per heavy atom. The van der Waals surface area contributed by atoms with Gasteiger partial charge in [-0.05, 0) is 48.4 Å². The van der Waals surface area contributed by atoms with E-state index in [0.29, 0.717) is 23.2 Å². The van der Waals surface area contributed by atoms with Gasteiger partial charge in [0.2, 0.25) is 5.12 Å². The van der Waals surface area contributed by atoms with Gasteiger partial charge >= 0.3 is 6.18 Å². The Hall–Kier alpha value is -2.58. The van der Waals surface area contributed by atoms with Gasteiger partial charge in [-0.15, -0.1) is 0 Å². The minimum atomic E-state index is -4.94. The SMILES string of the molecule is CC(C)N1CCN(c2ccc3cc(/C(=C(\C#N)C(=O)SCC(O)CO)C(F)(F)F)ccc3c2)CC1. The number of aliphatic hydroxyl groups is 2. The maximum atomic E-state index is 14.0. The molecule has 1 unspecified atom stereocenters. The van der Waals surface area contributed by atoms with Crippen LogP contribution in [0.4, 0.5) is 18.9 Å². The van der Waals surface area contributed by atoms with Crippen molar-refractivity contribution in [1.82, 2.24) is 4.90 Å². The molecule has 0 aliphatic carbocycles. The summed E-state index contributed by atoms with van der Waals surface area (Å²) in [7, 11) is 0. The van der Waals surface area contributed by atoms with Gasteiger partial charge in [0.25, 0.3) is 0 Å². The number of nitrogens with zero attached hydrogens (tertiary/aromatic N) is 3. The van der Waals surface area contributed by atoms with Gasteiger partial charge in [-0.2, -0.15) is 18.4 Å². The predicted molar refractivity (Wildman–Crippen MR) is 132 cm³/mol. The number of rotatable bonds is 7. The lowest BCUT2D eigenvalue weighted by molar-refractivity contribution is -0.108. The van der Waals surface area contributed by atoms with E-state index in [1.165, 1.54) is 18.2 Å². The first-order valence-electron chi connectivity index (χ1n) is 11.3. The van der Waals surface area contributed by atoms with Crippen molar-refractivity contribution in [2.24, 2.45) is 0 Å². The lowest BCUT2D eigenvalue weighted by atomic mass is 9.97. The van der Waals surface area contributed by atoms with E-state index in [9.17, 15) is 28.3 Å². The second kappa shape index (κ2) is 11.4. The van der Waals surface area contributed by atoms with E-state index < -0.39 is 35.1 Å². The molecule has 6 nitrogen and oxygen atoms in total. The third-order valence-corrected chi connectivity index (χ3v) is 7.01. The number of carbonyl (C=O) groups is 1. The average molecular weight is 508 g/mol. The second-order valence-corrected chi connectivity index (χ2v) is 9.65. The van der Waals surface area contributed by atoms with Gasteiger partial charge in [-0.25, -0.2) is 0 Å². The largest absolute Gasteiger partial charge is 0.418 e. The summed E-state index contributed by atoms with van der Waals surface area (Å²) in [5.74, 6) is -0.322. The van der Waals surface area contributed by atoms with E-state index in [1.54, 1.807) is 12.1 Å². The molecule has 0 saturated carbocycles. The van der Waals surface area contributed by atoms with E-state index in [2.05, 4.69) is 23.6 Å². The minimum Gasteiger partial charge on any atom is -0.394 e.